The number of nitrogens with zero attached hydrogens (tertiary/aromatic N) is 1. The lowest BCUT2D eigenvalue weighted by molar-refractivity contribution is -0.0349. The van der Waals surface area contributed by atoms with E-state index >= 15 is 4.39 Å². The van der Waals surface area contributed by atoms with Crippen LogP contribution >= 0.6 is 0 Å². The normalized spacial score (nSPS) is 27.4. The molecule has 6 rings (SSSR count). The Balaban J connectivity index is 1.35. The average Bonchev–Trinajstić information content (AvgIpc) is 3.02. The summed E-state index contributed by atoms with van der Waals surface area (Å²) in [4.78, 5) is 15.3. The van der Waals surface area contributed by atoms with Crippen molar-refractivity contribution in [1.29, 1.82) is 0 Å². The second-order valence-corrected chi connectivity index (χ2v) is 12.2. The number of fused-ring (bicyclic) bond motifs is 4. The van der Waals surface area contributed by atoms with Crippen LogP contribution in [0.15, 0.2) is 36.4 Å². The van der Waals surface area contributed by atoms with E-state index in [2.05, 4.69) is 57.0 Å². The van der Waals surface area contributed by atoms with Gasteiger partial charge < -0.3 is 10.1 Å². The van der Waals surface area contributed by atoms with Gasteiger partial charge in [-0.3, -0.25) is 4.90 Å². The zero-order valence-electron chi connectivity index (χ0n) is 21.1. The van der Waals surface area contributed by atoms with Gasteiger partial charge in [-0.15, -0.1) is 0 Å². The van der Waals surface area contributed by atoms with E-state index in [-0.39, 0.29) is 34.9 Å². The quantitative estimate of drug-likeness (QED) is 0.585. The van der Waals surface area contributed by atoms with Gasteiger partial charge in [0, 0.05) is 12.1 Å². The molecule has 4 nitrogen and oxygen atoms in total. The molecule has 0 saturated carbocycles. The van der Waals surface area contributed by atoms with Crippen molar-refractivity contribution in [3.63, 3.8) is 0 Å². The topological polar surface area (TPSA) is 41.6 Å². The van der Waals surface area contributed by atoms with E-state index in [0.717, 1.165) is 55.6 Å². The van der Waals surface area contributed by atoms with Crippen LogP contribution in [0.5, 0.6) is 0 Å². The van der Waals surface area contributed by atoms with Gasteiger partial charge in [0.1, 0.15) is 11.9 Å². The standard InChI is InChI=1S/C29H37FN2O2/c1-28(2,3)21-8-6-18(7-9-21)22-14-20-16-29(4,5)26(23(20)15-24(22)30)31-27(33)34-25-17-32-12-10-19(25)11-13-32/h6-9,14-15,19,25-26H,10-13,16-17H2,1-5H3,(H,31,33)/t25-,26?/m1/s1. The summed E-state index contributed by atoms with van der Waals surface area (Å²) in [5.41, 5.74) is 4.51. The van der Waals surface area contributed by atoms with Crippen LogP contribution < -0.4 is 5.32 Å². The van der Waals surface area contributed by atoms with Crippen LogP contribution in [0.1, 0.15) is 70.2 Å². The van der Waals surface area contributed by atoms with Crippen molar-refractivity contribution in [3.05, 3.63) is 58.9 Å². The van der Waals surface area contributed by atoms with E-state index in [9.17, 15) is 4.79 Å². The van der Waals surface area contributed by atoms with Crippen molar-refractivity contribution >= 4 is 6.09 Å². The van der Waals surface area contributed by atoms with Crippen molar-refractivity contribution in [2.45, 2.75) is 71.4 Å². The lowest BCUT2D eigenvalue weighted by atomic mass is 9.85. The fourth-order valence-corrected chi connectivity index (χ4v) is 6.05. The van der Waals surface area contributed by atoms with Crippen LogP contribution in [0.4, 0.5) is 9.18 Å². The van der Waals surface area contributed by atoms with Crippen LogP contribution in [-0.4, -0.2) is 36.7 Å². The first-order valence-electron chi connectivity index (χ1n) is 12.6. The van der Waals surface area contributed by atoms with Crippen molar-refractivity contribution in [2.24, 2.45) is 11.3 Å². The summed E-state index contributed by atoms with van der Waals surface area (Å²) in [6.07, 6.45) is 2.55. The predicted octanol–water partition coefficient (Wildman–Crippen LogP) is 6.23. The highest BCUT2D eigenvalue weighted by atomic mass is 19.1. The van der Waals surface area contributed by atoms with Crippen LogP contribution in [-0.2, 0) is 16.6 Å². The fraction of sp³-hybridized carbons (Fsp3) is 0.552. The van der Waals surface area contributed by atoms with Crippen molar-refractivity contribution < 1.29 is 13.9 Å². The number of alkyl carbamates (subject to hydrolysis) is 1. The number of piperidine rings is 3. The highest BCUT2D eigenvalue weighted by Crippen LogP contribution is 2.47. The van der Waals surface area contributed by atoms with Gasteiger partial charge >= 0.3 is 6.09 Å². The molecule has 3 heterocycles. The minimum absolute atomic E-state index is 0.0401. The van der Waals surface area contributed by atoms with E-state index in [1.165, 1.54) is 5.56 Å². The molecule has 4 aliphatic rings. The molecule has 0 aromatic heterocycles. The molecule has 1 N–H and O–H groups in total. The van der Waals surface area contributed by atoms with Crippen molar-refractivity contribution in [2.75, 3.05) is 19.6 Å². The number of carbonyl (C=O) groups excluding carboxylic acids is 1. The largest absolute Gasteiger partial charge is 0.445 e. The third-order valence-corrected chi connectivity index (χ3v) is 8.15. The molecule has 34 heavy (non-hydrogen) atoms. The van der Waals surface area contributed by atoms with Gasteiger partial charge in [-0.1, -0.05) is 58.9 Å². The van der Waals surface area contributed by atoms with Gasteiger partial charge in [-0.2, -0.15) is 0 Å². The van der Waals surface area contributed by atoms with Gasteiger partial charge in [-0.05, 0) is 83.5 Å². The Morgan fingerprint density at radius 3 is 2.38 bits per heavy atom. The number of ether oxygens (including phenoxy) is 1. The number of halogens is 1. The molecule has 2 bridgehead atoms. The van der Waals surface area contributed by atoms with Crippen molar-refractivity contribution in [1.82, 2.24) is 10.2 Å². The maximum Gasteiger partial charge on any atom is 0.407 e. The molecule has 2 aromatic carbocycles. The maximum atomic E-state index is 15.4. The zero-order valence-corrected chi connectivity index (χ0v) is 21.1. The monoisotopic (exact) mass is 464 g/mol. The van der Waals surface area contributed by atoms with E-state index in [1.807, 2.05) is 18.2 Å². The second kappa shape index (κ2) is 8.37. The second-order valence-electron chi connectivity index (χ2n) is 12.2. The predicted molar refractivity (Wildman–Crippen MR) is 133 cm³/mol. The van der Waals surface area contributed by atoms with Gasteiger partial charge in [0.05, 0.1) is 6.04 Å². The van der Waals surface area contributed by atoms with Gasteiger partial charge in [0.25, 0.3) is 0 Å². The fourth-order valence-electron chi connectivity index (χ4n) is 6.05. The van der Waals surface area contributed by atoms with Gasteiger partial charge in [0.15, 0.2) is 0 Å². The molecule has 1 unspecified atom stereocenters. The number of amides is 1. The molecule has 3 fully saturated rings. The smallest absolute Gasteiger partial charge is 0.407 e. The Labute approximate surface area is 202 Å². The van der Waals surface area contributed by atoms with E-state index in [1.54, 1.807) is 6.07 Å². The van der Waals surface area contributed by atoms with Crippen LogP contribution in [0.25, 0.3) is 11.1 Å². The van der Waals surface area contributed by atoms with E-state index in [4.69, 9.17) is 4.74 Å². The molecule has 0 spiro atoms. The summed E-state index contributed by atoms with van der Waals surface area (Å²) >= 11 is 0. The zero-order chi connectivity index (χ0) is 24.3. The Kier molecular flexibility index (Phi) is 5.75. The molecule has 2 aromatic rings. The molecular weight excluding hydrogens is 427 g/mol. The Morgan fingerprint density at radius 2 is 1.79 bits per heavy atom. The third kappa shape index (κ3) is 4.35. The lowest BCUT2D eigenvalue weighted by Crippen LogP contribution is -2.53. The lowest BCUT2D eigenvalue weighted by Gasteiger charge is -2.44. The summed E-state index contributed by atoms with van der Waals surface area (Å²) in [5, 5.41) is 3.10. The summed E-state index contributed by atoms with van der Waals surface area (Å²) < 4.78 is 21.2. The minimum Gasteiger partial charge on any atom is -0.445 e. The van der Waals surface area contributed by atoms with E-state index in [0.29, 0.717) is 11.5 Å². The first kappa shape index (κ1) is 23.3. The van der Waals surface area contributed by atoms with E-state index < -0.39 is 0 Å². The Morgan fingerprint density at radius 1 is 1.12 bits per heavy atom. The molecule has 3 saturated heterocycles. The molecule has 1 aliphatic carbocycles. The first-order chi connectivity index (χ1) is 16.0. The van der Waals surface area contributed by atoms with Crippen LogP contribution in [0.2, 0.25) is 0 Å². The van der Waals surface area contributed by atoms with Crippen molar-refractivity contribution in [3.8, 4) is 11.1 Å². The summed E-state index contributed by atoms with van der Waals surface area (Å²) in [6.45, 7) is 13.8. The molecule has 2 atom stereocenters. The molecule has 1 amide bonds. The van der Waals surface area contributed by atoms with Gasteiger partial charge in [0.2, 0.25) is 0 Å². The van der Waals surface area contributed by atoms with Crippen LogP contribution in [0, 0.1) is 17.2 Å². The molecule has 0 radical (unpaired) electrons. The first-order valence-corrected chi connectivity index (χ1v) is 12.6. The minimum atomic E-state index is -0.382. The highest BCUT2D eigenvalue weighted by Gasteiger charge is 2.42. The molecule has 182 valence electrons. The Hall–Kier alpha value is -2.40. The number of rotatable bonds is 3. The number of carbonyl (C=O) groups is 1. The SMILES string of the molecule is CC(C)(C)c1ccc(-c2cc3c(cc2F)C(NC(=O)O[C@@H]2CN4CCC2CC4)C(C)(C)C3)cc1. The number of nitrogens with one attached hydrogen (secondary N) is 1. The molecule has 3 aliphatic heterocycles. The average molecular weight is 465 g/mol. The summed E-state index contributed by atoms with van der Waals surface area (Å²) in [6, 6.07) is 11.5. The third-order valence-electron chi connectivity index (χ3n) is 8.15. The number of hydrogen-bond donors (Lipinski definition) is 1. The number of hydrogen-bond acceptors (Lipinski definition) is 3. The molecular formula is C29H37FN2O2. The van der Waals surface area contributed by atoms with Gasteiger partial charge in [-0.25, -0.2) is 9.18 Å². The Bertz CT molecular complexity index is 1080. The number of benzene rings is 2. The maximum absolute atomic E-state index is 15.4. The highest BCUT2D eigenvalue weighted by molar-refractivity contribution is 5.70. The van der Waals surface area contributed by atoms with Crippen LogP contribution in [0.3, 0.4) is 0 Å². The molecule has 5 heteroatoms. The summed E-state index contributed by atoms with van der Waals surface area (Å²) in [7, 11) is 0. The summed E-state index contributed by atoms with van der Waals surface area (Å²) in [5.74, 6) is 0.210.